The Labute approximate surface area is 165 Å². The molecule has 1 aliphatic rings. The van der Waals surface area contributed by atoms with Gasteiger partial charge in [-0.3, -0.25) is 4.90 Å². The van der Waals surface area contributed by atoms with Crippen molar-refractivity contribution >= 4 is 5.71 Å². The molecular weight excluding hydrogens is 348 g/mol. The molecule has 5 heteroatoms. The number of hydrogen-bond donors (Lipinski definition) is 0. The SMILES string of the molecule is C/C(Cc1ncccn1)=N/OC1CN(C(c2ccccc2)c2ccccc2)C1. The first-order chi connectivity index (χ1) is 13.8. The summed E-state index contributed by atoms with van der Waals surface area (Å²) in [4.78, 5) is 16.6. The van der Waals surface area contributed by atoms with Crippen molar-refractivity contribution in [3.8, 4) is 0 Å². The number of hydrogen-bond acceptors (Lipinski definition) is 5. The van der Waals surface area contributed by atoms with Gasteiger partial charge in [0.25, 0.3) is 0 Å². The molecule has 1 fully saturated rings. The van der Waals surface area contributed by atoms with Crippen LogP contribution in [-0.2, 0) is 11.3 Å². The maximum atomic E-state index is 5.75. The average Bonchev–Trinajstić information content (AvgIpc) is 2.71. The van der Waals surface area contributed by atoms with Crippen LogP contribution in [0.15, 0.2) is 84.3 Å². The lowest BCUT2D eigenvalue weighted by Gasteiger charge is -2.43. The fourth-order valence-electron chi connectivity index (χ4n) is 3.48. The van der Waals surface area contributed by atoms with Crippen molar-refractivity contribution in [3.63, 3.8) is 0 Å². The normalized spacial score (nSPS) is 15.4. The Morgan fingerprint density at radius 1 is 0.964 bits per heavy atom. The van der Waals surface area contributed by atoms with Gasteiger partial charge in [-0.05, 0) is 24.1 Å². The van der Waals surface area contributed by atoms with Crippen LogP contribution in [0, 0.1) is 0 Å². The number of oxime groups is 1. The molecule has 28 heavy (non-hydrogen) atoms. The van der Waals surface area contributed by atoms with E-state index in [9.17, 15) is 0 Å². The molecule has 0 atom stereocenters. The van der Waals surface area contributed by atoms with Crippen molar-refractivity contribution in [3.05, 3.63) is 96.1 Å². The molecule has 1 saturated heterocycles. The zero-order valence-electron chi connectivity index (χ0n) is 16.0. The third kappa shape index (κ3) is 4.43. The molecule has 0 unspecified atom stereocenters. The summed E-state index contributed by atoms with van der Waals surface area (Å²) in [5, 5.41) is 4.29. The van der Waals surface area contributed by atoms with E-state index in [1.54, 1.807) is 12.4 Å². The molecule has 1 aromatic heterocycles. The molecule has 1 aliphatic heterocycles. The summed E-state index contributed by atoms with van der Waals surface area (Å²) >= 11 is 0. The largest absolute Gasteiger partial charge is 0.390 e. The number of rotatable bonds is 7. The van der Waals surface area contributed by atoms with Crippen LogP contribution in [0.3, 0.4) is 0 Å². The van der Waals surface area contributed by atoms with Crippen LogP contribution < -0.4 is 0 Å². The smallest absolute Gasteiger partial charge is 0.152 e. The van der Waals surface area contributed by atoms with E-state index in [2.05, 4.69) is 80.7 Å². The average molecular weight is 372 g/mol. The van der Waals surface area contributed by atoms with E-state index in [4.69, 9.17) is 4.84 Å². The van der Waals surface area contributed by atoms with E-state index in [1.165, 1.54) is 11.1 Å². The molecule has 0 spiro atoms. The Balaban J connectivity index is 1.38. The van der Waals surface area contributed by atoms with Crippen LogP contribution in [0.25, 0.3) is 0 Å². The third-order valence-electron chi connectivity index (χ3n) is 4.86. The fourth-order valence-corrected chi connectivity index (χ4v) is 3.48. The minimum atomic E-state index is 0.113. The van der Waals surface area contributed by atoms with E-state index in [0.717, 1.165) is 24.6 Å². The molecule has 0 aliphatic carbocycles. The molecule has 0 bridgehead atoms. The second kappa shape index (κ2) is 8.76. The van der Waals surface area contributed by atoms with Crippen LogP contribution in [0.4, 0.5) is 0 Å². The Hall–Kier alpha value is -3.05. The van der Waals surface area contributed by atoms with Crippen molar-refractivity contribution in [1.82, 2.24) is 14.9 Å². The quantitative estimate of drug-likeness (QED) is 0.466. The lowest BCUT2D eigenvalue weighted by Crippen LogP contribution is -2.53. The van der Waals surface area contributed by atoms with Crippen molar-refractivity contribution in [2.75, 3.05) is 13.1 Å². The van der Waals surface area contributed by atoms with E-state index < -0.39 is 0 Å². The summed E-state index contributed by atoms with van der Waals surface area (Å²) in [6.45, 7) is 3.66. The van der Waals surface area contributed by atoms with Crippen LogP contribution in [-0.4, -0.2) is 39.8 Å². The molecule has 2 heterocycles. The van der Waals surface area contributed by atoms with Gasteiger partial charge in [0.2, 0.25) is 0 Å². The molecule has 0 amide bonds. The van der Waals surface area contributed by atoms with Crippen molar-refractivity contribution in [2.45, 2.75) is 25.5 Å². The number of likely N-dealkylation sites (tertiary alicyclic amines) is 1. The van der Waals surface area contributed by atoms with Gasteiger partial charge in [0.05, 0.1) is 11.8 Å². The van der Waals surface area contributed by atoms with Gasteiger partial charge < -0.3 is 4.84 Å². The lowest BCUT2D eigenvalue weighted by molar-refractivity contribution is -0.0652. The highest BCUT2D eigenvalue weighted by atomic mass is 16.6. The number of benzene rings is 2. The number of nitrogens with zero attached hydrogens (tertiary/aromatic N) is 4. The first-order valence-corrected chi connectivity index (χ1v) is 9.59. The minimum Gasteiger partial charge on any atom is -0.390 e. The summed E-state index contributed by atoms with van der Waals surface area (Å²) in [6, 6.07) is 23.3. The van der Waals surface area contributed by atoms with Crippen LogP contribution in [0.5, 0.6) is 0 Å². The van der Waals surface area contributed by atoms with Crippen molar-refractivity contribution in [1.29, 1.82) is 0 Å². The zero-order valence-corrected chi connectivity index (χ0v) is 16.0. The Bertz CT molecular complexity index is 854. The maximum absolute atomic E-state index is 5.75. The molecule has 0 saturated carbocycles. The summed E-state index contributed by atoms with van der Waals surface area (Å²) < 4.78 is 0. The van der Waals surface area contributed by atoms with E-state index in [0.29, 0.717) is 6.42 Å². The Morgan fingerprint density at radius 3 is 2.11 bits per heavy atom. The van der Waals surface area contributed by atoms with Gasteiger partial charge in [0.1, 0.15) is 5.82 Å². The molecule has 142 valence electrons. The topological polar surface area (TPSA) is 50.6 Å². The standard InChI is InChI=1S/C23H24N4O/c1-18(15-22-24-13-8-14-25-22)26-28-21-16-27(17-21)23(19-9-4-2-5-10-19)20-11-6-3-7-12-20/h2-14,21,23H,15-17H2,1H3/b26-18-. The summed E-state index contributed by atoms with van der Waals surface area (Å²) in [6.07, 6.45) is 4.20. The van der Waals surface area contributed by atoms with E-state index in [1.807, 2.05) is 13.0 Å². The Morgan fingerprint density at radius 2 is 1.54 bits per heavy atom. The van der Waals surface area contributed by atoms with E-state index in [-0.39, 0.29) is 12.1 Å². The monoisotopic (exact) mass is 372 g/mol. The molecule has 3 aromatic rings. The highest BCUT2D eigenvalue weighted by Gasteiger charge is 2.35. The Kier molecular flexibility index (Phi) is 5.73. The summed E-state index contributed by atoms with van der Waals surface area (Å²) in [5.41, 5.74) is 3.48. The molecule has 5 nitrogen and oxygen atoms in total. The zero-order chi connectivity index (χ0) is 19.2. The summed E-state index contributed by atoms with van der Waals surface area (Å²) in [7, 11) is 0. The van der Waals surface area contributed by atoms with Gasteiger partial charge in [0, 0.05) is 31.9 Å². The van der Waals surface area contributed by atoms with Gasteiger partial charge in [-0.2, -0.15) is 0 Å². The highest BCUT2D eigenvalue weighted by molar-refractivity contribution is 5.82. The highest BCUT2D eigenvalue weighted by Crippen LogP contribution is 2.32. The molecule has 2 aromatic carbocycles. The number of aromatic nitrogens is 2. The summed E-state index contributed by atoms with van der Waals surface area (Å²) in [5.74, 6) is 0.760. The third-order valence-corrected chi connectivity index (χ3v) is 4.86. The second-order valence-electron chi connectivity index (χ2n) is 7.07. The maximum Gasteiger partial charge on any atom is 0.152 e. The first kappa shape index (κ1) is 18.3. The lowest BCUT2D eigenvalue weighted by atomic mass is 9.94. The molecule has 0 N–H and O–H groups in total. The second-order valence-corrected chi connectivity index (χ2v) is 7.07. The van der Waals surface area contributed by atoms with E-state index >= 15 is 0 Å². The van der Waals surface area contributed by atoms with Crippen molar-refractivity contribution in [2.24, 2.45) is 5.16 Å². The van der Waals surface area contributed by atoms with Crippen LogP contribution >= 0.6 is 0 Å². The van der Waals surface area contributed by atoms with Gasteiger partial charge in [0.15, 0.2) is 6.10 Å². The van der Waals surface area contributed by atoms with Gasteiger partial charge in [-0.1, -0.05) is 65.8 Å². The van der Waals surface area contributed by atoms with Gasteiger partial charge >= 0.3 is 0 Å². The minimum absolute atomic E-state index is 0.113. The fraction of sp³-hybridized carbons (Fsp3) is 0.261. The van der Waals surface area contributed by atoms with Crippen LogP contribution in [0.2, 0.25) is 0 Å². The molecule has 0 radical (unpaired) electrons. The molecule has 4 rings (SSSR count). The van der Waals surface area contributed by atoms with Crippen molar-refractivity contribution < 1.29 is 4.84 Å². The predicted molar refractivity (Wildman–Crippen MR) is 110 cm³/mol. The van der Waals surface area contributed by atoms with Gasteiger partial charge in [-0.25, -0.2) is 9.97 Å². The van der Waals surface area contributed by atoms with Crippen LogP contribution in [0.1, 0.15) is 29.9 Å². The first-order valence-electron chi connectivity index (χ1n) is 9.59. The molecular formula is C23H24N4O. The van der Waals surface area contributed by atoms with Gasteiger partial charge in [-0.15, -0.1) is 0 Å². The predicted octanol–water partition coefficient (Wildman–Crippen LogP) is 3.89.